The van der Waals surface area contributed by atoms with Crippen molar-refractivity contribution < 1.29 is 19.5 Å². The van der Waals surface area contributed by atoms with E-state index in [1.54, 1.807) is 0 Å². The first-order valence-electron chi connectivity index (χ1n) is 8.63. The van der Waals surface area contributed by atoms with Gasteiger partial charge < -0.3 is 27.2 Å². The fourth-order valence-corrected chi connectivity index (χ4v) is 2.62. The molecule has 10 heteroatoms. The van der Waals surface area contributed by atoms with Crippen LogP contribution in [0.2, 0.25) is 0 Å². The lowest BCUT2D eigenvalue weighted by Crippen LogP contribution is -2.42. The topological polar surface area (TPSA) is 160 Å². The predicted octanol–water partition coefficient (Wildman–Crippen LogP) is -0.292. The number of carboxylic acid groups (broad SMARTS) is 1. The quantitative estimate of drug-likeness (QED) is 0.110. The van der Waals surface area contributed by atoms with Gasteiger partial charge in [-0.25, -0.2) is 4.79 Å². The maximum absolute atomic E-state index is 12.0. The van der Waals surface area contributed by atoms with E-state index >= 15 is 0 Å². The standard InChI is InChI=1S/C16H31N5O4S/c1-10(2)8-11(9-26)14(23)19-7-5-13(22)21-12(15(24)25)4-3-6-20-16(17)18/h10-12,26H,3-9H2,1-2H3,(H,19,23)(H,21,22)(H,24,25)(H4,17,18,20)/t11?,12-/m0/s1. The second-order valence-electron chi connectivity index (χ2n) is 6.46. The summed E-state index contributed by atoms with van der Waals surface area (Å²) in [5, 5.41) is 14.3. The molecular formula is C16H31N5O4S. The molecule has 0 heterocycles. The van der Waals surface area contributed by atoms with Crippen LogP contribution in [0.15, 0.2) is 4.99 Å². The second-order valence-corrected chi connectivity index (χ2v) is 6.82. The van der Waals surface area contributed by atoms with Crippen LogP contribution in [0.25, 0.3) is 0 Å². The number of amides is 2. The van der Waals surface area contributed by atoms with Gasteiger partial charge in [-0.05, 0) is 25.2 Å². The fraction of sp³-hybridized carbons (Fsp3) is 0.750. The van der Waals surface area contributed by atoms with E-state index in [2.05, 4.69) is 28.3 Å². The van der Waals surface area contributed by atoms with Crippen LogP contribution >= 0.6 is 12.6 Å². The van der Waals surface area contributed by atoms with E-state index in [1.807, 2.05) is 13.8 Å². The Bertz CT molecular complexity index is 495. The largest absolute Gasteiger partial charge is 0.480 e. The van der Waals surface area contributed by atoms with Crippen molar-refractivity contribution in [3.63, 3.8) is 0 Å². The third kappa shape index (κ3) is 11.6. The van der Waals surface area contributed by atoms with Crippen molar-refractivity contribution in [1.29, 1.82) is 0 Å². The Morgan fingerprint density at radius 1 is 1.23 bits per heavy atom. The lowest BCUT2D eigenvalue weighted by molar-refractivity contribution is -0.142. The first-order chi connectivity index (χ1) is 12.2. The third-order valence-corrected chi connectivity index (χ3v) is 4.02. The molecule has 150 valence electrons. The van der Waals surface area contributed by atoms with Gasteiger partial charge in [0.1, 0.15) is 6.04 Å². The summed E-state index contributed by atoms with van der Waals surface area (Å²) in [5.74, 6) is -1.17. The Hall–Kier alpha value is -1.97. The molecule has 0 radical (unpaired) electrons. The number of hydrogen-bond acceptors (Lipinski definition) is 5. The number of nitrogens with two attached hydrogens (primary N) is 2. The molecule has 9 nitrogen and oxygen atoms in total. The molecule has 26 heavy (non-hydrogen) atoms. The number of rotatable bonds is 13. The monoisotopic (exact) mass is 389 g/mol. The number of nitrogens with one attached hydrogen (secondary N) is 2. The van der Waals surface area contributed by atoms with Crippen molar-refractivity contribution in [1.82, 2.24) is 10.6 Å². The van der Waals surface area contributed by atoms with Crippen LogP contribution in [-0.4, -0.2) is 53.7 Å². The Morgan fingerprint density at radius 2 is 1.88 bits per heavy atom. The third-order valence-electron chi connectivity index (χ3n) is 3.58. The second kappa shape index (κ2) is 13.3. The Labute approximate surface area is 159 Å². The summed E-state index contributed by atoms with van der Waals surface area (Å²) in [6.45, 7) is 4.49. The number of thiol groups is 1. The Balaban J connectivity index is 4.25. The number of guanidine groups is 1. The average molecular weight is 390 g/mol. The zero-order chi connectivity index (χ0) is 20.1. The highest BCUT2D eigenvalue weighted by atomic mass is 32.1. The molecule has 2 atom stereocenters. The van der Waals surface area contributed by atoms with E-state index in [-0.39, 0.29) is 37.2 Å². The van der Waals surface area contributed by atoms with Gasteiger partial charge >= 0.3 is 5.97 Å². The molecule has 0 fully saturated rings. The van der Waals surface area contributed by atoms with Crippen LogP contribution in [0.5, 0.6) is 0 Å². The highest BCUT2D eigenvalue weighted by Crippen LogP contribution is 2.13. The van der Waals surface area contributed by atoms with Crippen LogP contribution < -0.4 is 22.1 Å². The number of carbonyl (C=O) groups is 3. The molecule has 0 saturated heterocycles. The van der Waals surface area contributed by atoms with E-state index in [9.17, 15) is 14.4 Å². The molecule has 0 aliphatic heterocycles. The summed E-state index contributed by atoms with van der Waals surface area (Å²) in [6, 6.07) is -1.02. The zero-order valence-electron chi connectivity index (χ0n) is 15.4. The maximum atomic E-state index is 12.0. The van der Waals surface area contributed by atoms with Crippen molar-refractivity contribution in [2.75, 3.05) is 18.8 Å². The predicted molar refractivity (Wildman–Crippen MR) is 104 cm³/mol. The molecule has 0 aliphatic rings. The van der Waals surface area contributed by atoms with Crippen molar-refractivity contribution in [2.45, 2.75) is 45.6 Å². The van der Waals surface area contributed by atoms with E-state index in [1.165, 1.54) is 0 Å². The summed E-state index contributed by atoms with van der Waals surface area (Å²) in [7, 11) is 0. The van der Waals surface area contributed by atoms with Gasteiger partial charge in [0.2, 0.25) is 11.8 Å². The van der Waals surface area contributed by atoms with Crippen molar-refractivity contribution >= 4 is 36.4 Å². The molecule has 1 unspecified atom stereocenters. The van der Waals surface area contributed by atoms with Crippen LogP contribution in [-0.2, 0) is 14.4 Å². The van der Waals surface area contributed by atoms with Gasteiger partial charge in [-0.3, -0.25) is 14.6 Å². The molecule has 0 aromatic heterocycles. The highest BCUT2D eigenvalue weighted by Gasteiger charge is 2.20. The summed E-state index contributed by atoms with van der Waals surface area (Å²) < 4.78 is 0. The van der Waals surface area contributed by atoms with Gasteiger partial charge in [0, 0.05) is 31.2 Å². The normalized spacial score (nSPS) is 12.9. The van der Waals surface area contributed by atoms with Gasteiger partial charge in [0.05, 0.1) is 0 Å². The molecule has 0 rings (SSSR count). The summed E-state index contributed by atoms with van der Waals surface area (Å²) in [6.07, 6.45) is 1.36. The van der Waals surface area contributed by atoms with Gasteiger partial charge in [0.25, 0.3) is 0 Å². The summed E-state index contributed by atoms with van der Waals surface area (Å²) >= 11 is 4.18. The molecule has 0 aromatic carbocycles. The minimum atomic E-state index is -1.13. The van der Waals surface area contributed by atoms with Crippen LogP contribution in [0, 0.1) is 11.8 Å². The summed E-state index contributed by atoms with van der Waals surface area (Å²) in [4.78, 5) is 38.9. The van der Waals surface area contributed by atoms with Crippen LogP contribution in [0.4, 0.5) is 0 Å². The van der Waals surface area contributed by atoms with Crippen molar-refractivity contribution in [3.05, 3.63) is 0 Å². The van der Waals surface area contributed by atoms with Crippen LogP contribution in [0.3, 0.4) is 0 Å². The molecule has 7 N–H and O–H groups in total. The Kier molecular flexibility index (Phi) is 12.3. The van der Waals surface area contributed by atoms with Crippen molar-refractivity contribution in [3.8, 4) is 0 Å². The van der Waals surface area contributed by atoms with E-state index in [0.29, 0.717) is 24.6 Å². The number of carbonyl (C=O) groups excluding carboxylic acids is 2. The number of hydrogen-bond donors (Lipinski definition) is 6. The molecule has 0 bridgehead atoms. The highest BCUT2D eigenvalue weighted by molar-refractivity contribution is 7.80. The number of carboxylic acids is 1. The molecule has 0 aliphatic carbocycles. The minimum absolute atomic E-state index is 0.00436. The summed E-state index contributed by atoms with van der Waals surface area (Å²) in [5.41, 5.74) is 10.4. The van der Waals surface area contributed by atoms with Gasteiger partial charge in [-0.2, -0.15) is 12.6 Å². The molecular weight excluding hydrogens is 358 g/mol. The Morgan fingerprint density at radius 3 is 2.38 bits per heavy atom. The smallest absolute Gasteiger partial charge is 0.326 e. The minimum Gasteiger partial charge on any atom is -0.480 e. The lowest BCUT2D eigenvalue weighted by atomic mass is 9.98. The van der Waals surface area contributed by atoms with E-state index in [0.717, 1.165) is 6.42 Å². The van der Waals surface area contributed by atoms with E-state index in [4.69, 9.17) is 16.6 Å². The lowest BCUT2D eigenvalue weighted by Gasteiger charge is -2.17. The average Bonchev–Trinajstić information content (AvgIpc) is 2.54. The fourth-order valence-electron chi connectivity index (χ4n) is 2.30. The number of nitrogens with zero attached hydrogens (tertiary/aromatic N) is 1. The maximum Gasteiger partial charge on any atom is 0.326 e. The van der Waals surface area contributed by atoms with Gasteiger partial charge in [-0.1, -0.05) is 13.8 Å². The first-order valence-corrected chi connectivity index (χ1v) is 9.26. The van der Waals surface area contributed by atoms with Crippen LogP contribution in [0.1, 0.15) is 39.5 Å². The van der Waals surface area contributed by atoms with Crippen molar-refractivity contribution in [2.24, 2.45) is 28.3 Å². The molecule has 0 aromatic rings. The first kappa shape index (κ1) is 24.0. The van der Waals surface area contributed by atoms with Gasteiger partial charge in [0.15, 0.2) is 5.96 Å². The number of aliphatic imine (C=N–C) groups is 1. The molecule has 2 amide bonds. The van der Waals surface area contributed by atoms with E-state index < -0.39 is 17.9 Å². The molecule has 0 spiro atoms. The molecule has 0 saturated carbocycles. The zero-order valence-corrected chi connectivity index (χ0v) is 16.3. The number of aliphatic carboxylic acids is 1. The SMILES string of the molecule is CC(C)CC(CS)C(=O)NCCC(=O)N[C@@H](CCCN=C(N)N)C(=O)O. The van der Waals surface area contributed by atoms with Gasteiger partial charge in [-0.15, -0.1) is 0 Å².